The number of aromatic nitrogens is 4. The molecule has 1 aromatic carbocycles. The maximum atomic E-state index is 14.2. The summed E-state index contributed by atoms with van der Waals surface area (Å²) in [6, 6.07) is 6.17. The molecule has 2 atom stereocenters. The standard InChI is InChI=1S/C20H22FN5O2/c1-12-5-17(24-23-12)9-15-10-26(11-18(15)27)20(28)14-6-13(7-16(21)8-14)19-22-3-4-25(19)2/h3-8,15,18,27H,9-11H2,1-2H3,(H,23,24)/t15-,18-/m1/s1. The fourth-order valence-electron chi connectivity index (χ4n) is 3.74. The highest BCUT2D eigenvalue weighted by molar-refractivity contribution is 5.95. The number of benzene rings is 1. The van der Waals surface area contributed by atoms with Crippen molar-refractivity contribution in [3.8, 4) is 11.4 Å². The van der Waals surface area contributed by atoms with Gasteiger partial charge in [-0.3, -0.25) is 9.89 Å². The Hall–Kier alpha value is -3.00. The second kappa shape index (κ2) is 7.20. The molecule has 7 nitrogen and oxygen atoms in total. The Bertz CT molecular complexity index is 1010. The molecule has 8 heteroatoms. The number of aryl methyl sites for hydroxylation is 2. The molecule has 0 saturated carbocycles. The molecule has 3 aromatic rings. The number of likely N-dealkylation sites (tertiary alicyclic amines) is 1. The van der Waals surface area contributed by atoms with Crippen molar-refractivity contribution in [2.75, 3.05) is 13.1 Å². The smallest absolute Gasteiger partial charge is 0.254 e. The summed E-state index contributed by atoms with van der Waals surface area (Å²) in [6.07, 6.45) is 3.33. The lowest BCUT2D eigenvalue weighted by atomic mass is 10.00. The first-order chi connectivity index (χ1) is 13.4. The van der Waals surface area contributed by atoms with Gasteiger partial charge in [0.2, 0.25) is 0 Å². The van der Waals surface area contributed by atoms with E-state index in [2.05, 4.69) is 15.2 Å². The number of imidazole rings is 1. The largest absolute Gasteiger partial charge is 0.391 e. The zero-order chi connectivity index (χ0) is 19.8. The number of hydrogen-bond acceptors (Lipinski definition) is 4. The molecule has 3 heterocycles. The Morgan fingerprint density at radius 3 is 2.82 bits per heavy atom. The first kappa shape index (κ1) is 18.4. The molecule has 146 valence electrons. The minimum atomic E-state index is -0.636. The van der Waals surface area contributed by atoms with E-state index in [-0.39, 0.29) is 23.9 Å². The van der Waals surface area contributed by atoms with E-state index in [4.69, 9.17) is 0 Å². The Balaban J connectivity index is 1.53. The number of aromatic amines is 1. The quantitative estimate of drug-likeness (QED) is 0.721. The van der Waals surface area contributed by atoms with Crippen molar-refractivity contribution in [3.63, 3.8) is 0 Å². The highest BCUT2D eigenvalue weighted by Crippen LogP contribution is 2.25. The third-order valence-electron chi connectivity index (χ3n) is 5.15. The monoisotopic (exact) mass is 383 g/mol. The highest BCUT2D eigenvalue weighted by atomic mass is 19.1. The number of rotatable bonds is 4. The van der Waals surface area contributed by atoms with E-state index >= 15 is 0 Å². The molecule has 0 spiro atoms. The normalized spacial score (nSPS) is 19.4. The van der Waals surface area contributed by atoms with Gasteiger partial charge in [-0.05, 0) is 37.6 Å². The van der Waals surface area contributed by atoms with Crippen molar-refractivity contribution in [3.05, 3.63) is 59.4 Å². The van der Waals surface area contributed by atoms with Crippen molar-refractivity contribution in [1.82, 2.24) is 24.6 Å². The molecule has 1 aliphatic heterocycles. The summed E-state index contributed by atoms with van der Waals surface area (Å²) in [4.78, 5) is 18.7. The van der Waals surface area contributed by atoms with E-state index in [1.165, 1.54) is 12.1 Å². The minimum absolute atomic E-state index is 0.103. The molecule has 1 saturated heterocycles. The maximum Gasteiger partial charge on any atom is 0.254 e. The number of nitrogens with one attached hydrogen (secondary N) is 1. The van der Waals surface area contributed by atoms with Gasteiger partial charge in [0.25, 0.3) is 5.91 Å². The number of aliphatic hydroxyl groups is 1. The van der Waals surface area contributed by atoms with Crippen LogP contribution in [0.3, 0.4) is 0 Å². The van der Waals surface area contributed by atoms with Crippen LogP contribution in [0.4, 0.5) is 4.39 Å². The van der Waals surface area contributed by atoms with E-state index in [9.17, 15) is 14.3 Å². The van der Waals surface area contributed by atoms with Gasteiger partial charge in [-0.2, -0.15) is 5.10 Å². The van der Waals surface area contributed by atoms with Crippen LogP contribution in [0.25, 0.3) is 11.4 Å². The SMILES string of the molecule is Cc1cc(C[C@@H]2CN(C(=O)c3cc(F)cc(-c4nccn4C)c3)C[C@H]2O)n[nH]1. The number of hydrogen-bond donors (Lipinski definition) is 2. The number of nitrogens with zero attached hydrogens (tertiary/aromatic N) is 4. The van der Waals surface area contributed by atoms with Gasteiger partial charge in [0.15, 0.2) is 0 Å². The Kier molecular flexibility index (Phi) is 4.72. The zero-order valence-corrected chi connectivity index (χ0v) is 15.8. The molecule has 1 fully saturated rings. The van der Waals surface area contributed by atoms with Crippen LogP contribution in [0.5, 0.6) is 0 Å². The average Bonchev–Trinajstić information content (AvgIpc) is 3.35. The van der Waals surface area contributed by atoms with Gasteiger partial charge in [-0.25, -0.2) is 9.37 Å². The summed E-state index contributed by atoms with van der Waals surface area (Å²) in [5.74, 6) is -0.308. The van der Waals surface area contributed by atoms with E-state index in [0.29, 0.717) is 24.4 Å². The predicted octanol–water partition coefficient (Wildman–Crippen LogP) is 1.93. The summed E-state index contributed by atoms with van der Waals surface area (Å²) in [7, 11) is 1.81. The summed E-state index contributed by atoms with van der Waals surface area (Å²) in [5, 5.41) is 17.5. The fourth-order valence-corrected chi connectivity index (χ4v) is 3.74. The van der Waals surface area contributed by atoms with Gasteiger partial charge >= 0.3 is 0 Å². The topological polar surface area (TPSA) is 87.0 Å². The number of halogens is 1. The summed E-state index contributed by atoms with van der Waals surface area (Å²) in [5.41, 5.74) is 2.61. The predicted molar refractivity (Wildman–Crippen MR) is 101 cm³/mol. The van der Waals surface area contributed by atoms with Crippen LogP contribution in [-0.2, 0) is 13.5 Å². The minimum Gasteiger partial charge on any atom is -0.391 e. The van der Waals surface area contributed by atoms with E-state index in [1.807, 2.05) is 20.0 Å². The third-order valence-corrected chi connectivity index (χ3v) is 5.15. The van der Waals surface area contributed by atoms with E-state index in [1.54, 1.807) is 27.9 Å². The van der Waals surface area contributed by atoms with Crippen LogP contribution in [0.2, 0.25) is 0 Å². The van der Waals surface area contributed by atoms with Gasteiger partial charge in [0, 0.05) is 55.3 Å². The van der Waals surface area contributed by atoms with Gasteiger partial charge in [-0.1, -0.05) is 0 Å². The second-order valence-electron chi connectivity index (χ2n) is 7.37. The molecule has 2 aromatic heterocycles. The molecule has 0 aliphatic carbocycles. The van der Waals surface area contributed by atoms with Crippen molar-refractivity contribution in [2.45, 2.75) is 19.4 Å². The van der Waals surface area contributed by atoms with Crippen LogP contribution < -0.4 is 0 Å². The molecule has 0 unspecified atom stereocenters. The lowest BCUT2D eigenvalue weighted by Crippen LogP contribution is -2.29. The Morgan fingerprint density at radius 1 is 1.32 bits per heavy atom. The van der Waals surface area contributed by atoms with Gasteiger partial charge in [0.1, 0.15) is 11.6 Å². The molecule has 2 N–H and O–H groups in total. The van der Waals surface area contributed by atoms with Gasteiger partial charge in [-0.15, -0.1) is 0 Å². The van der Waals surface area contributed by atoms with Gasteiger partial charge in [0.05, 0.1) is 11.8 Å². The highest BCUT2D eigenvalue weighted by Gasteiger charge is 2.35. The summed E-state index contributed by atoms with van der Waals surface area (Å²) >= 11 is 0. The molecule has 0 radical (unpaired) electrons. The van der Waals surface area contributed by atoms with Crippen LogP contribution >= 0.6 is 0 Å². The molecule has 28 heavy (non-hydrogen) atoms. The molecule has 0 bridgehead atoms. The third kappa shape index (κ3) is 3.55. The first-order valence-corrected chi connectivity index (χ1v) is 9.17. The molecular formula is C20H22FN5O2. The number of carbonyl (C=O) groups is 1. The maximum absolute atomic E-state index is 14.2. The van der Waals surface area contributed by atoms with Crippen LogP contribution in [-0.4, -0.2) is 54.9 Å². The first-order valence-electron chi connectivity index (χ1n) is 9.17. The van der Waals surface area contributed by atoms with Crippen molar-refractivity contribution in [1.29, 1.82) is 0 Å². The van der Waals surface area contributed by atoms with Crippen LogP contribution in [0.15, 0.2) is 36.7 Å². The van der Waals surface area contributed by atoms with Crippen molar-refractivity contribution < 1.29 is 14.3 Å². The lowest BCUT2D eigenvalue weighted by Gasteiger charge is -2.17. The van der Waals surface area contributed by atoms with Crippen molar-refractivity contribution in [2.24, 2.45) is 13.0 Å². The Labute approximate surface area is 161 Å². The number of carbonyl (C=O) groups excluding carboxylic acids is 1. The fraction of sp³-hybridized carbons (Fsp3) is 0.350. The van der Waals surface area contributed by atoms with Crippen LogP contribution in [0, 0.1) is 18.7 Å². The second-order valence-corrected chi connectivity index (χ2v) is 7.37. The number of β-amino-alcohol motifs (C(OH)–C–C–N with tert-alkyl or cyclic N) is 1. The lowest BCUT2D eigenvalue weighted by molar-refractivity contribution is 0.0764. The number of amides is 1. The number of aliphatic hydroxyl groups excluding tert-OH is 1. The van der Waals surface area contributed by atoms with Gasteiger partial charge < -0.3 is 14.6 Å². The molecule has 4 rings (SSSR count). The molecular weight excluding hydrogens is 361 g/mol. The van der Waals surface area contributed by atoms with E-state index < -0.39 is 11.9 Å². The number of H-pyrrole nitrogens is 1. The molecule has 1 amide bonds. The van der Waals surface area contributed by atoms with E-state index in [0.717, 1.165) is 11.4 Å². The van der Waals surface area contributed by atoms with Crippen LogP contribution in [0.1, 0.15) is 21.7 Å². The molecule has 1 aliphatic rings. The summed E-state index contributed by atoms with van der Waals surface area (Å²) < 4.78 is 15.9. The average molecular weight is 383 g/mol. The van der Waals surface area contributed by atoms with Crippen molar-refractivity contribution >= 4 is 5.91 Å². The summed E-state index contributed by atoms with van der Waals surface area (Å²) in [6.45, 7) is 2.54. The Morgan fingerprint density at radius 2 is 2.14 bits per heavy atom. The zero-order valence-electron chi connectivity index (χ0n) is 15.8.